The fraction of sp³-hybridized carbons (Fsp3) is 0.600. The molecule has 3 heteroatoms. The average molecular weight is 265 g/mol. The molecule has 3 rings (SSSR count). The maximum absolute atomic E-state index is 6.29. The number of fused-ring (bicyclic) bond motifs is 2. The second kappa shape index (κ2) is 4.84. The minimum Gasteiger partial charge on any atom is -0.300 e. The van der Waals surface area contributed by atoms with Crippen LogP contribution >= 0.6 is 11.6 Å². The lowest BCUT2D eigenvalue weighted by Crippen LogP contribution is -2.46. The molecular formula is C15H21ClN2. The van der Waals surface area contributed by atoms with E-state index in [2.05, 4.69) is 35.8 Å². The monoisotopic (exact) mass is 264 g/mol. The Bertz CT molecular complexity index is 458. The molecule has 0 aromatic heterocycles. The first kappa shape index (κ1) is 12.5. The van der Waals surface area contributed by atoms with Crippen molar-refractivity contribution in [2.24, 2.45) is 0 Å². The summed E-state index contributed by atoms with van der Waals surface area (Å²) in [6.45, 7) is 10.3. The Labute approximate surface area is 115 Å². The van der Waals surface area contributed by atoms with Gasteiger partial charge in [-0.15, -0.1) is 0 Å². The van der Waals surface area contributed by atoms with Gasteiger partial charge in [0.05, 0.1) is 0 Å². The van der Waals surface area contributed by atoms with Crippen LogP contribution in [-0.2, 0) is 6.54 Å². The highest BCUT2D eigenvalue weighted by Crippen LogP contribution is 2.26. The smallest absolute Gasteiger partial charge is 0.0441 e. The maximum atomic E-state index is 6.29. The Hall–Kier alpha value is -0.570. The summed E-state index contributed by atoms with van der Waals surface area (Å²) in [5, 5.41) is 0.912. The molecule has 0 amide bonds. The standard InChI is InChI=1S/C15H21ClN2/c1-11-7-13(12(2)15(16)8-11)9-18-6-5-17-4-3-14(18)10-17/h7-8,14H,3-6,9-10H2,1-2H3. The minimum absolute atomic E-state index is 0.762. The topological polar surface area (TPSA) is 6.48 Å². The Morgan fingerprint density at radius 2 is 2.06 bits per heavy atom. The van der Waals surface area contributed by atoms with Crippen LogP contribution in [0, 0.1) is 13.8 Å². The lowest BCUT2D eigenvalue weighted by atomic mass is 10.0. The van der Waals surface area contributed by atoms with Crippen molar-refractivity contribution in [3.8, 4) is 0 Å². The van der Waals surface area contributed by atoms with Crippen LogP contribution in [0.3, 0.4) is 0 Å². The highest BCUT2D eigenvalue weighted by Gasteiger charge is 2.32. The zero-order valence-corrected chi connectivity index (χ0v) is 12.0. The van der Waals surface area contributed by atoms with Gasteiger partial charge in [0.1, 0.15) is 0 Å². The van der Waals surface area contributed by atoms with E-state index in [9.17, 15) is 0 Å². The number of hydrogen-bond acceptors (Lipinski definition) is 2. The van der Waals surface area contributed by atoms with Crippen molar-refractivity contribution in [3.05, 3.63) is 33.8 Å². The van der Waals surface area contributed by atoms with Gasteiger partial charge < -0.3 is 4.90 Å². The molecule has 0 radical (unpaired) electrons. The first-order valence-corrected chi connectivity index (χ1v) is 7.23. The van der Waals surface area contributed by atoms with E-state index in [0.29, 0.717) is 0 Å². The van der Waals surface area contributed by atoms with Crippen molar-refractivity contribution in [2.75, 3.05) is 26.2 Å². The fourth-order valence-electron chi connectivity index (χ4n) is 3.24. The third-order valence-corrected chi connectivity index (χ3v) is 4.83. The van der Waals surface area contributed by atoms with E-state index >= 15 is 0 Å². The van der Waals surface area contributed by atoms with E-state index in [4.69, 9.17) is 11.6 Å². The van der Waals surface area contributed by atoms with Crippen LogP contribution in [0.5, 0.6) is 0 Å². The van der Waals surface area contributed by atoms with Crippen LogP contribution in [0.25, 0.3) is 0 Å². The lowest BCUT2D eigenvalue weighted by Gasteiger charge is -2.34. The van der Waals surface area contributed by atoms with Gasteiger partial charge in [0, 0.05) is 37.2 Å². The molecule has 2 saturated heterocycles. The predicted octanol–water partition coefficient (Wildman–Crippen LogP) is 2.85. The summed E-state index contributed by atoms with van der Waals surface area (Å²) in [6, 6.07) is 5.12. The third kappa shape index (κ3) is 2.29. The summed E-state index contributed by atoms with van der Waals surface area (Å²) in [5.41, 5.74) is 3.92. The molecule has 2 aliphatic heterocycles. The van der Waals surface area contributed by atoms with Gasteiger partial charge in [-0.3, -0.25) is 4.90 Å². The summed E-state index contributed by atoms with van der Waals surface area (Å²) in [4.78, 5) is 5.22. The van der Waals surface area contributed by atoms with Crippen molar-refractivity contribution < 1.29 is 0 Å². The fourth-order valence-corrected chi connectivity index (χ4v) is 3.54. The Balaban J connectivity index is 1.80. The number of rotatable bonds is 2. The highest BCUT2D eigenvalue weighted by atomic mass is 35.5. The van der Waals surface area contributed by atoms with Gasteiger partial charge in [0.2, 0.25) is 0 Å². The van der Waals surface area contributed by atoms with E-state index in [1.165, 1.54) is 49.3 Å². The van der Waals surface area contributed by atoms with Gasteiger partial charge in [-0.05, 0) is 49.6 Å². The van der Waals surface area contributed by atoms with Crippen molar-refractivity contribution in [2.45, 2.75) is 32.9 Å². The van der Waals surface area contributed by atoms with Crippen LogP contribution in [0.15, 0.2) is 12.1 Å². The number of aryl methyl sites for hydroxylation is 1. The first-order chi connectivity index (χ1) is 8.63. The predicted molar refractivity (Wildman–Crippen MR) is 76.2 cm³/mol. The van der Waals surface area contributed by atoms with Gasteiger partial charge in [-0.25, -0.2) is 0 Å². The van der Waals surface area contributed by atoms with Crippen molar-refractivity contribution in [1.29, 1.82) is 0 Å². The highest BCUT2D eigenvalue weighted by molar-refractivity contribution is 6.31. The maximum Gasteiger partial charge on any atom is 0.0441 e. The second-order valence-electron chi connectivity index (χ2n) is 5.74. The Morgan fingerprint density at radius 3 is 2.89 bits per heavy atom. The molecule has 1 aromatic rings. The summed E-state index contributed by atoms with van der Waals surface area (Å²) < 4.78 is 0. The van der Waals surface area contributed by atoms with E-state index < -0.39 is 0 Å². The molecule has 2 heterocycles. The zero-order valence-electron chi connectivity index (χ0n) is 11.2. The van der Waals surface area contributed by atoms with Gasteiger partial charge in [-0.2, -0.15) is 0 Å². The lowest BCUT2D eigenvalue weighted by molar-refractivity contribution is 0.128. The third-order valence-electron chi connectivity index (χ3n) is 4.44. The van der Waals surface area contributed by atoms with Crippen LogP contribution in [0.4, 0.5) is 0 Å². The molecule has 18 heavy (non-hydrogen) atoms. The molecule has 2 fully saturated rings. The normalized spacial score (nSPS) is 27.7. The quantitative estimate of drug-likeness (QED) is 0.811. The molecule has 2 unspecified atom stereocenters. The molecule has 1 aromatic carbocycles. The van der Waals surface area contributed by atoms with E-state index in [1.807, 2.05) is 0 Å². The number of nitrogens with zero attached hydrogens (tertiary/aromatic N) is 2. The van der Waals surface area contributed by atoms with E-state index in [1.54, 1.807) is 0 Å². The number of benzene rings is 1. The second-order valence-corrected chi connectivity index (χ2v) is 6.15. The molecule has 0 N–H and O–H groups in total. The van der Waals surface area contributed by atoms with Crippen LogP contribution < -0.4 is 0 Å². The SMILES string of the molecule is Cc1cc(Cl)c(C)c(CN2CCN3CCC2C3)c1. The van der Waals surface area contributed by atoms with Gasteiger partial charge in [-0.1, -0.05) is 17.7 Å². The van der Waals surface area contributed by atoms with Crippen molar-refractivity contribution in [3.63, 3.8) is 0 Å². The minimum atomic E-state index is 0.762. The number of piperazine rings is 1. The van der Waals surface area contributed by atoms with Crippen LogP contribution in [0.1, 0.15) is 23.1 Å². The Morgan fingerprint density at radius 1 is 1.22 bits per heavy atom. The molecule has 2 aliphatic rings. The molecule has 2 atom stereocenters. The molecule has 2 nitrogen and oxygen atoms in total. The average Bonchev–Trinajstić information content (AvgIpc) is 2.72. The number of hydrogen-bond donors (Lipinski definition) is 0. The molecule has 0 spiro atoms. The summed E-state index contributed by atoms with van der Waals surface area (Å²) >= 11 is 6.29. The number of halogens is 1. The van der Waals surface area contributed by atoms with E-state index in [-0.39, 0.29) is 0 Å². The first-order valence-electron chi connectivity index (χ1n) is 6.85. The van der Waals surface area contributed by atoms with Crippen molar-refractivity contribution >= 4 is 11.6 Å². The molecule has 0 saturated carbocycles. The summed E-state index contributed by atoms with van der Waals surface area (Å²) in [5.74, 6) is 0. The summed E-state index contributed by atoms with van der Waals surface area (Å²) in [6.07, 6.45) is 1.33. The summed E-state index contributed by atoms with van der Waals surface area (Å²) in [7, 11) is 0. The van der Waals surface area contributed by atoms with Gasteiger partial charge in [0.25, 0.3) is 0 Å². The Kier molecular flexibility index (Phi) is 3.35. The van der Waals surface area contributed by atoms with Crippen molar-refractivity contribution in [1.82, 2.24) is 9.80 Å². The van der Waals surface area contributed by atoms with Crippen LogP contribution in [-0.4, -0.2) is 42.0 Å². The molecule has 98 valence electrons. The van der Waals surface area contributed by atoms with Gasteiger partial charge >= 0.3 is 0 Å². The van der Waals surface area contributed by atoms with Gasteiger partial charge in [0.15, 0.2) is 0 Å². The van der Waals surface area contributed by atoms with Crippen LogP contribution in [0.2, 0.25) is 5.02 Å². The zero-order chi connectivity index (χ0) is 12.7. The van der Waals surface area contributed by atoms with E-state index in [0.717, 1.165) is 17.6 Å². The molecular weight excluding hydrogens is 244 g/mol. The molecule has 2 bridgehead atoms. The largest absolute Gasteiger partial charge is 0.300 e. The molecule has 0 aliphatic carbocycles.